The van der Waals surface area contributed by atoms with Crippen LogP contribution in [0.5, 0.6) is 0 Å². The standard InChI is InChI=1S/C68H46N2/c1-3-15-47(16-4-1)57-45-65(68-64-26-11-12-28-66(64)70(67(68)46-57)58-22-5-2-6-23-58)56-21-13-24-61(44-56)69(60-41-37-51(38-42-60)55-34-31-48-17-7-8-19-54(48)43-55)59-39-35-50(36-40-59)49-29-32-53(33-30-49)63-27-14-20-52-18-9-10-25-62(52)63/h1-46H. The van der Waals surface area contributed by atoms with E-state index in [1.54, 1.807) is 0 Å². The Morgan fingerprint density at radius 2 is 0.771 bits per heavy atom. The Bertz CT molecular complexity index is 4010. The van der Waals surface area contributed by atoms with E-state index >= 15 is 0 Å². The number of anilines is 3. The molecule has 0 fully saturated rings. The average Bonchev–Trinajstić information content (AvgIpc) is 3.78. The predicted molar refractivity (Wildman–Crippen MR) is 298 cm³/mol. The van der Waals surface area contributed by atoms with Crippen molar-refractivity contribution in [1.29, 1.82) is 0 Å². The average molecular weight is 891 g/mol. The zero-order chi connectivity index (χ0) is 46.4. The van der Waals surface area contributed by atoms with Crippen LogP contribution >= 0.6 is 0 Å². The van der Waals surface area contributed by atoms with Crippen molar-refractivity contribution in [2.45, 2.75) is 0 Å². The molecule has 328 valence electrons. The van der Waals surface area contributed by atoms with Crippen LogP contribution in [0.1, 0.15) is 0 Å². The number of hydrogen-bond donors (Lipinski definition) is 0. The molecule has 0 bridgehead atoms. The van der Waals surface area contributed by atoms with Gasteiger partial charge in [-0.2, -0.15) is 0 Å². The number of fused-ring (bicyclic) bond motifs is 5. The van der Waals surface area contributed by atoms with Gasteiger partial charge in [-0.05, 0) is 150 Å². The molecule has 0 atom stereocenters. The highest BCUT2D eigenvalue weighted by atomic mass is 15.1. The van der Waals surface area contributed by atoms with Crippen LogP contribution in [0.2, 0.25) is 0 Å². The highest BCUT2D eigenvalue weighted by Crippen LogP contribution is 2.44. The monoisotopic (exact) mass is 890 g/mol. The fourth-order valence-electron chi connectivity index (χ4n) is 10.5. The Morgan fingerprint density at radius 1 is 0.243 bits per heavy atom. The van der Waals surface area contributed by atoms with Crippen LogP contribution in [0.15, 0.2) is 279 Å². The third-order valence-electron chi connectivity index (χ3n) is 14.0. The van der Waals surface area contributed by atoms with E-state index in [1.165, 1.54) is 93.4 Å². The van der Waals surface area contributed by atoms with Crippen LogP contribution in [0, 0.1) is 0 Å². The minimum Gasteiger partial charge on any atom is -0.310 e. The number of hydrogen-bond acceptors (Lipinski definition) is 1. The predicted octanol–water partition coefficient (Wildman–Crippen LogP) is 18.9. The lowest BCUT2D eigenvalue weighted by Crippen LogP contribution is -2.10. The smallest absolute Gasteiger partial charge is 0.0553 e. The third kappa shape index (κ3) is 7.40. The second-order valence-electron chi connectivity index (χ2n) is 18.1. The summed E-state index contributed by atoms with van der Waals surface area (Å²) in [7, 11) is 0. The first-order valence-corrected chi connectivity index (χ1v) is 24.1. The molecule has 1 heterocycles. The molecule has 0 spiro atoms. The number of rotatable bonds is 9. The van der Waals surface area contributed by atoms with Gasteiger partial charge in [0, 0.05) is 33.5 Å². The lowest BCUT2D eigenvalue weighted by molar-refractivity contribution is 1.18. The molecule has 2 nitrogen and oxygen atoms in total. The van der Waals surface area contributed by atoms with Crippen LogP contribution in [-0.4, -0.2) is 4.57 Å². The molecule has 0 saturated carbocycles. The van der Waals surface area contributed by atoms with Gasteiger partial charge in [-0.25, -0.2) is 0 Å². The first-order valence-electron chi connectivity index (χ1n) is 24.1. The van der Waals surface area contributed by atoms with Gasteiger partial charge in [-0.3, -0.25) is 0 Å². The molecule has 0 aliphatic rings. The first-order chi connectivity index (χ1) is 34.7. The molecule has 70 heavy (non-hydrogen) atoms. The van der Waals surface area contributed by atoms with E-state index in [0.29, 0.717) is 0 Å². The molecular weight excluding hydrogens is 845 g/mol. The SMILES string of the molecule is c1ccc(-c2cc(-c3cccc(N(c4ccc(-c5ccc(-c6cccc7ccccc67)cc5)cc4)c4ccc(-c5ccc6ccccc6c5)cc4)c3)c3c4ccccc4n(-c4ccccc4)c3c2)cc1. The van der Waals surface area contributed by atoms with Gasteiger partial charge >= 0.3 is 0 Å². The maximum absolute atomic E-state index is 2.42. The Morgan fingerprint density at radius 3 is 1.51 bits per heavy atom. The zero-order valence-electron chi connectivity index (χ0n) is 38.5. The molecule has 0 amide bonds. The minimum atomic E-state index is 1.08. The summed E-state index contributed by atoms with van der Waals surface area (Å²) in [4.78, 5) is 2.40. The van der Waals surface area contributed by atoms with Gasteiger partial charge in [-0.15, -0.1) is 0 Å². The van der Waals surface area contributed by atoms with E-state index in [-0.39, 0.29) is 0 Å². The van der Waals surface area contributed by atoms with Crippen molar-refractivity contribution in [2.75, 3.05) is 4.90 Å². The summed E-state index contributed by atoms with van der Waals surface area (Å²) in [5, 5.41) is 7.46. The quantitative estimate of drug-likeness (QED) is 0.140. The molecule has 0 radical (unpaired) electrons. The Labute approximate surface area is 408 Å². The van der Waals surface area contributed by atoms with Crippen molar-refractivity contribution in [3.63, 3.8) is 0 Å². The Hall–Kier alpha value is -9.24. The van der Waals surface area contributed by atoms with E-state index in [2.05, 4.69) is 289 Å². The van der Waals surface area contributed by atoms with Crippen LogP contribution in [0.3, 0.4) is 0 Å². The molecule has 0 saturated heterocycles. The molecule has 0 aliphatic heterocycles. The van der Waals surface area contributed by atoms with Crippen molar-refractivity contribution in [3.05, 3.63) is 279 Å². The molecule has 0 unspecified atom stereocenters. The molecule has 1 aromatic heterocycles. The maximum atomic E-state index is 2.42. The molecule has 13 rings (SSSR count). The highest BCUT2D eigenvalue weighted by Gasteiger charge is 2.20. The summed E-state index contributed by atoms with van der Waals surface area (Å²) in [5.41, 5.74) is 18.6. The summed E-state index contributed by atoms with van der Waals surface area (Å²) in [6.45, 7) is 0. The molecular formula is C68H46N2. The Balaban J connectivity index is 0.941. The second-order valence-corrected chi connectivity index (χ2v) is 18.1. The number of nitrogens with zero attached hydrogens (tertiary/aromatic N) is 2. The van der Waals surface area contributed by atoms with Gasteiger partial charge in [0.05, 0.1) is 11.0 Å². The van der Waals surface area contributed by atoms with Gasteiger partial charge in [-0.1, -0.05) is 206 Å². The summed E-state index contributed by atoms with van der Waals surface area (Å²) in [6, 6.07) is 102. The third-order valence-corrected chi connectivity index (χ3v) is 14.0. The van der Waals surface area contributed by atoms with Gasteiger partial charge in [0.1, 0.15) is 0 Å². The van der Waals surface area contributed by atoms with Crippen LogP contribution < -0.4 is 4.90 Å². The summed E-state index contributed by atoms with van der Waals surface area (Å²) >= 11 is 0. The fraction of sp³-hybridized carbons (Fsp3) is 0. The summed E-state index contributed by atoms with van der Waals surface area (Å²) in [5.74, 6) is 0. The molecule has 2 heteroatoms. The minimum absolute atomic E-state index is 1.08. The van der Waals surface area contributed by atoms with Crippen LogP contribution in [0.25, 0.3) is 105 Å². The van der Waals surface area contributed by atoms with Crippen LogP contribution in [0.4, 0.5) is 17.1 Å². The first kappa shape index (κ1) is 41.0. The summed E-state index contributed by atoms with van der Waals surface area (Å²) in [6.07, 6.45) is 0. The van der Waals surface area contributed by atoms with E-state index in [1.807, 2.05) is 0 Å². The van der Waals surface area contributed by atoms with E-state index < -0.39 is 0 Å². The van der Waals surface area contributed by atoms with Crippen molar-refractivity contribution in [3.8, 4) is 61.3 Å². The zero-order valence-corrected chi connectivity index (χ0v) is 38.5. The van der Waals surface area contributed by atoms with E-state index in [9.17, 15) is 0 Å². The molecule has 0 aliphatic carbocycles. The number of benzene rings is 12. The largest absolute Gasteiger partial charge is 0.310 e. The van der Waals surface area contributed by atoms with E-state index in [0.717, 1.165) is 28.3 Å². The van der Waals surface area contributed by atoms with Gasteiger partial charge in [0.2, 0.25) is 0 Å². The van der Waals surface area contributed by atoms with Crippen molar-refractivity contribution >= 4 is 60.4 Å². The van der Waals surface area contributed by atoms with Gasteiger partial charge in [0.25, 0.3) is 0 Å². The number of para-hydroxylation sites is 2. The van der Waals surface area contributed by atoms with Gasteiger partial charge < -0.3 is 9.47 Å². The van der Waals surface area contributed by atoms with Crippen molar-refractivity contribution in [2.24, 2.45) is 0 Å². The topological polar surface area (TPSA) is 8.17 Å². The number of aromatic nitrogens is 1. The van der Waals surface area contributed by atoms with Crippen molar-refractivity contribution in [1.82, 2.24) is 4.57 Å². The van der Waals surface area contributed by atoms with Crippen molar-refractivity contribution < 1.29 is 0 Å². The molecule has 12 aromatic carbocycles. The maximum Gasteiger partial charge on any atom is 0.0553 e. The lowest BCUT2D eigenvalue weighted by Gasteiger charge is -2.26. The van der Waals surface area contributed by atoms with Crippen LogP contribution in [-0.2, 0) is 0 Å². The highest BCUT2D eigenvalue weighted by molar-refractivity contribution is 6.17. The fourth-order valence-corrected chi connectivity index (χ4v) is 10.5. The Kier molecular flexibility index (Phi) is 10.2. The van der Waals surface area contributed by atoms with E-state index in [4.69, 9.17) is 0 Å². The lowest BCUT2D eigenvalue weighted by atomic mass is 9.94. The van der Waals surface area contributed by atoms with Gasteiger partial charge in [0.15, 0.2) is 0 Å². The second kappa shape index (κ2) is 17.4. The molecule has 0 N–H and O–H groups in total. The molecule has 13 aromatic rings. The summed E-state index contributed by atoms with van der Waals surface area (Å²) < 4.78 is 2.42. The normalized spacial score (nSPS) is 11.4.